The third kappa shape index (κ3) is 1.80. The predicted molar refractivity (Wildman–Crippen MR) is 62.1 cm³/mol. The zero-order chi connectivity index (χ0) is 11.5. The Hall–Kier alpha value is -2.16. The van der Waals surface area contributed by atoms with Gasteiger partial charge in [-0.05, 0) is 30.2 Å². The average molecular weight is 212 g/mol. The van der Waals surface area contributed by atoms with Crippen molar-refractivity contribution in [1.29, 1.82) is 0 Å². The van der Waals surface area contributed by atoms with E-state index in [1.54, 1.807) is 19.1 Å². The van der Waals surface area contributed by atoms with Gasteiger partial charge in [-0.3, -0.25) is 10.1 Å². The molecule has 0 heterocycles. The molecule has 0 aliphatic rings. The molecule has 0 N–H and O–H groups in total. The summed E-state index contributed by atoms with van der Waals surface area (Å²) in [5.74, 6) is 0. The molecule has 0 atom stereocenters. The molecule has 0 unspecified atom stereocenters. The molecule has 3 heteroatoms. The molecular weight excluding hydrogens is 202 g/mol. The van der Waals surface area contributed by atoms with Crippen LogP contribution in [0.1, 0.15) is 5.56 Å². The molecule has 2 aromatic rings. The van der Waals surface area contributed by atoms with Crippen molar-refractivity contribution in [3.8, 4) is 11.1 Å². The molecule has 0 aliphatic carbocycles. The lowest BCUT2D eigenvalue weighted by Crippen LogP contribution is -1.93. The van der Waals surface area contributed by atoms with Crippen LogP contribution in [0.15, 0.2) is 42.5 Å². The van der Waals surface area contributed by atoms with Gasteiger partial charge in [-0.2, -0.15) is 0 Å². The first-order valence-electron chi connectivity index (χ1n) is 4.90. The van der Waals surface area contributed by atoms with Gasteiger partial charge >= 0.3 is 0 Å². The molecule has 2 rings (SSSR count). The fraction of sp³-hybridized carbons (Fsp3) is 0.0769. The molecule has 16 heavy (non-hydrogen) atoms. The Morgan fingerprint density at radius 2 is 2.06 bits per heavy atom. The summed E-state index contributed by atoms with van der Waals surface area (Å²) in [5.41, 5.74) is 2.67. The van der Waals surface area contributed by atoms with Gasteiger partial charge in [-0.25, -0.2) is 0 Å². The Balaban J connectivity index is 2.59. The van der Waals surface area contributed by atoms with Crippen molar-refractivity contribution in [2.45, 2.75) is 6.92 Å². The van der Waals surface area contributed by atoms with Crippen LogP contribution >= 0.6 is 0 Å². The maximum absolute atomic E-state index is 10.8. The molecule has 0 aromatic heterocycles. The molecular formula is C13H10NO2. The zero-order valence-electron chi connectivity index (χ0n) is 8.81. The highest BCUT2D eigenvalue weighted by atomic mass is 16.6. The second kappa shape index (κ2) is 4.14. The van der Waals surface area contributed by atoms with E-state index in [2.05, 4.69) is 6.07 Å². The first-order chi connectivity index (χ1) is 7.70. The molecule has 79 valence electrons. The van der Waals surface area contributed by atoms with Gasteiger partial charge in [-0.15, -0.1) is 0 Å². The highest BCUT2D eigenvalue weighted by Gasteiger charge is 2.13. The Kier molecular flexibility index (Phi) is 2.68. The molecule has 3 nitrogen and oxygen atoms in total. The van der Waals surface area contributed by atoms with Crippen LogP contribution < -0.4 is 0 Å². The Bertz CT molecular complexity index is 521. The van der Waals surface area contributed by atoms with Crippen molar-refractivity contribution in [3.05, 3.63) is 64.2 Å². The summed E-state index contributed by atoms with van der Waals surface area (Å²) in [5, 5.41) is 10.8. The third-order valence-corrected chi connectivity index (χ3v) is 2.52. The van der Waals surface area contributed by atoms with E-state index in [1.807, 2.05) is 24.3 Å². The van der Waals surface area contributed by atoms with Crippen molar-refractivity contribution in [3.63, 3.8) is 0 Å². The molecule has 0 aliphatic heterocycles. The van der Waals surface area contributed by atoms with Crippen LogP contribution in [0.2, 0.25) is 0 Å². The molecule has 0 saturated carbocycles. The SMILES string of the molecule is Cc1c(-c2c[c]ccc2)cccc1[N+](=O)[O-]. The van der Waals surface area contributed by atoms with Crippen LogP contribution in [-0.2, 0) is 0 Å². The van der Waals surface area contributed by atoms with Crippen LogP contribution in [0.25, 0.3) is 11.1 Å². The van der Waals surface area contributed by atoms with Gasteiger partial charge in [-0.1, -0.05) is 30.3 Å². The maximum Gasteiger partial charge on any atom is 0.272 e. The minimum Gasteiger partial charge on any atom is -0.258 e. The van der Waals surface area contributed by atoms with Crippen molar-refractivity contribution >= 4 is 5.69 Å². The predicted octanol–water partition coefficient (Wildman–Crippen LogP) is 3.37. The highest BCUT2D eigenvalue weighted by Crippen LogP contribution is 2.29. The first-order valence-corrected chi connectivity index (χ1v) is 4.90. The van der Waals surface area contributed by atoms with Gasteiger partial charge in [0.05, 0.1) is 4.92 Å². The number of hydrogen-bond acceptors (Lipinski definition) is 2. The van der Waals surface area contributed by atoms with Gasteiger partial charge in [0.1, 0.15) is 0 Å². The van der Waals surface area contributed by atoms with E-state index in [-0.39, 0.29) is 10.6 Å². The van der Waals surface area contributed by atoms with E-state index >= 15 is 0 Å². The summed E-state index contributed by atoms with van der Waals surface area (Å²) in [6.45, 7) is 1.76. The molecule has 0 saturated heterocycles. The molecule has 0 bridgehead atoms. The highest BCUT2D eigenvalue weighted by molar-refractivity contribution is 5.70. The zero-order valence-corrected chi connectivity index (χ0v) is 8.81. The number of nitro benzene ring substituents is 1. The summed E-state index contributed by atoms with van der Waals surface area (Å²) in [7, 11) is 0. The summed E-state index contributed by atoms with van der Waals surface area (Å²) in [4.78, 5) is 10.4. The van der Waals surface area contributed by atoms with E-state index in [0.717, 1.165) is 11.1 Å². The van der Waals surface area contributed by atoms with Gasteiger partial charge in [0.2, 0.25) is 0 Å². The normalized spacial score (nSPS) is 10.1. The van der Waals surface area contributed by atoms with E-state index in [0.29, 0.717) is 5.56 Å². The van der Waals surface area contributed by atoms with Crippen molar-refractivity contribution < 1.29 is 4.92 Å². The number of nitrogens with zero attached hydrogens (tertiary/aromatic N) is 1. The lowest BCUT2D eigenvalue weighted by molar-refractivity contribution is -0.385. The lowest BCUT2D eigenvalue weighted by Gasteiger charge is -2.05. The lowest BCUT2D eigenvalue weighted by atomic mass is 9.99. The Labute approximate surface area is 93.5 Å². The number of benzene rings is 2. The minimum absolute atomic E-state index is 0.154. The van der Waals surface area contributed by atoms with Crippen LogP contribution in [0.3, 0.4) is 0 Å². The molecule has 0 amide bonds. The topological polar surface area (TPSA) is 43.1 Å². The van der Waals surface area contributed by atoms with Crippen molar-refractivity contribution in [1.82, 2.24) is 0 Å². The molecule has 0 spiro atoms. The summed E-state index contributed by atoms with van der Waals surface area (Å²) < 4.78 is 0. The van der Waals surface area contributed by atoms with Crippen molar-refractivity contribution in [2.75, 3.05) is 0 Å². The smallest absolute Gasteiger partial charge is 0.258 e. The third-order valence-electron chi connectivity index (χ3n) is 2.52. The van der Waals surface area contributed by atoms with Gasteiger partial charge in [0.25, 0.3) is 5.69 Å². The maximum atomic E-state index is 10.8. The number of nitro groups is 1. The van der Waals surface area contributed by atoms with Crippen molar-refractivity contribution in [2.24, 2.45) is 0 Å². The van der Waals surface area contributed by atoms with Crippen LogP contribution in [-0.4, -0.2) is 4.92 Å². The summed E-state index contributed by atoms with van der Waals surface area (Å²) in [6, 6.07) is 15.5. The van der Waals surface area contributed by atoms with E-state index < -0.39 is 0 Å². The largest absolute Gasteiger partial charge is 0.272 e. The number of hydrogen-bond donors (Lipinski definition) is 0. The molecule has 2 aromatic carbocycles. The quantitative estimate of drug-likeness (QED) is 0.565. The number of rotatable bonds is 2. The monoisotopic (exact) mass is 212 g/mol. The second-order valence-corrected chi connectivity index (χ2v) is 3.50. The summed E-state index contributed by atoms with van der Waals surface area (Å²) >= 11 is 0. The fourth-order valence-electron chi connectivity index (χ4n) is 1.69. The van der Waals surface area contributed by atoms with E-state index in [1.165, 1.54) is 6.07 Å². The average Bonchev–Trinajstić information content (AvgIpc) is 2.30. The Morgan fingerprint density at radius 3 is 2.69 bits per heavy atom. The van der Waals surface area contributed by atoms with Crippen LogP contribution in [0.4, 0.5) is 5.69 Å². The van der Waals surface area contributed by atoms with Gasteiger partial charge in [0.15, 0.2) is 0 Å². The standard InChI is InChI=1S/C13H10NO2/c1-10-12(11-6-3-2-4-7-11)8-5-9-13(10)14(15)16/h2-3,5-9H,1H3. The first kappa shape index (κ1) is 10.4. The van der Waals surface area contributed by atoms with E-state index in [4.69, 9.17) is 0 Å². The van der Waals surface area contributed by atoms with Crippen LogP contribution in [0, 0.1) is 23.1 Å². The summed E-state index contributed by atoms with van der Waals surface area (Å²) in [6.07, 6.45) is 0. The molecule has 1 radical (unpaired) electrons. The van der Waals surface area contributed by atoms with Gasteiger partial charge in [0, 0.05) is 11.6 Å². The fourth-order valence-corrected chi connectivity index (χ4v) is 1.69. The molecule has 0 fully saturated rings. The van der Waals surface area contributed by atoms with Gasteiger partial charge < -0.3 is 0 Å². The Morgan fingerprint density at radius 1 is 1.25 bits per heavy atom. The minimum atomic E-state index is -0.356. The second-order valence-electron chi connectivity index (χ2n) is 3.50. The van der Waals surface area contributed by atoms with E-state index in [9.17, 15) is 10.1 Å². The van der Waals surface area contributed by atoms with Crippen LogP contribution in [0.5, 0.6) is 0 Å².